The lowest BCUT2D eigenvalue weighted by Crippen LogP contribution is -2.13. The summed E-state index contributed by atoms with van der Waals surface area (Å²) in [4.78, 5) is 0. The van der Waals surface area contributed by atoms with E-state index in [9.17, 15) is 0 Å². The molecule has 11 heavy (non-hydrogen) atoms. The third-order valence-electron chi connectivity index (χ3n) is 1.89. The predicted octanol–water partition coefficient (Wildman–Crippen LogP) is 1.69. The molecule has 55 valence electrons. The summed E-state index contributed by atoms with van der Waals surface area (Å²) in [6.45, 7) is 0.989. The van der Waals surface area contributed by atoms with Crippen LogP contribution in [0.15, 0.2) is 36.4 Å². The summed E-state index contributed by atoms with van der Waals surface area (Å²) in [6.07, 6.45) is 4.34. The molecule has 0 bridgehead atoms. The number of hydrogen-bond donors (Lipinski definition) is 1. The molecule has 1 N–H and O–H groups in total. The molecule has 0 saturated heterocycles. The molecule has 2 rings (SSSR count). The minimum atomic E-state index is 0.421. The molecular weight excluding hydrogens is 134 g/mol. The summed E-state index contributed by atoms with van der Waals surface area (Å²) in [5.41, 5.74) is 1.32. The maximum absolute atomic E-state index is 3.35. The van der Waals surface area contributed by atoms with Gasteiger partial charge in [0.2, 0.25) is 0 Å². The molecule has 1 unspecified atom stereocenters. The first-order chi connectivity index (χ1) is 5.47. The van der Waals surface area contributed by atoms with Gasteiger partial charge in [-0.2, -0.15) is 0 Å². The molecular formula is C10H10N. The number of rotatable bonds is 1. The van der Waals surface area contributed by atoms with E-state index < -0.39 is 0 Å². The molecule has 0 aliphatic carbocycles. The SMILES string of the molecule is [c]1ccc(C2C=CCN2)cc1. The van der Waals surface area contributed by atoms with E-state index in [0.29, 0.717) is 6.04 Å². The van der Waals surface area contributed by atoms with Crippen molar-refractivity contribution < 1.29 is 0 Å². The van der Waals surface area contributed by atoms with E-state index in [0.717, 1.165) is 6.54 Å². The highest BCUT2D eigenvalue weighted by molar-refractivity contribution is 5.24. The van der Waals surface area contributed by atoms with Crippen molar-refractivity contribution in [3.8, 4) is 0 Å². The van der Waals surface area contributed by atoms with Crippen LogP contribution in [0.3, 0.4) is 0 Å². The van der Waals surface area contributed by atoms with Gasteiger partial charge in [0, 0.05) is 6.54 Å². The van der Waals surface area contributed by atoms with E-state index in [2.05, 4.69) is 35.7 Å². The fourth-order valence-electron chi connectivity index (χ4n) is 1.30. The van der Waals surface area contributed by atoms with Crippen LogP contribution in [-0.4, -0.2) is 6.54 Å². The van der Waals surface area contributed by atoms with Crippen molar-refractivity contribution in [1.29, 1.82) is 0 Å². The molecule has 0 saturated carbocycles. The van der Waals surface area contributed by atoms with Crippen LogP contribution in [0.5, 0.6) is 0 Å². The topological polar surface area (TPSA) is 12.0 Å². The third-order valence-corrected chi connectivity index (χ3v) is 1.89. The summed E-state index contributed by atoms with van der Waals surface area (Å²) in [6, 6.07) is 11.5. The maximum Gasteiger partial charge on any atom is 0.0509 e. The van der Waals surface area contributed by atoms with Gasteiger partial charge in [0.15, 0.2) is 0 Å². The Morgan fingerprint density at radius 1 is 1.36 bits per heavy atom. The smallest absolute Gasteiger partial charge is 0.0509 e. The number of hydrogen-bond acceptors (Lipinski definition) is 1. The summed E-state index contributed by atoms with van der Waals surface area (Å²) < 4.78 is 0. The summed E-state index contributed by atoms with van der Waals surface area (Å²) in [7, 11) is 0. The molecule has 0 amide bonds. The summed E-state index contributed by atoms with van der Waals surface area (Å²) in [5.74, 6) is 0. The van der Waals surface area contributed by atoms with Crippen LogP contribution in [0.2, 0.25) is 0 Å². The Morgan fingerprint density at radius 3 is 2.82 bits per heavy atom. The van der Waals surface area contributed by atoms with Gasteiger partial charge in [-0.15, -0.1) is 0 Å². The second-order valence-electron chi connectivity index (χ2n) is 2.65. The zero-order chi connectivity index (χ0) is 7.52. The maximum atomic E-state index is 3.35. The van der Waals surface area contributed by atoms with Crippen molar-refractivity contribution in [2.75, 3.05) is 6.54 Å². The van der Waals surface area contributed by atoms with Crippen molar-refractivity contribution >= 4 is 0 Å². The van der Waals surface area contributed by atoms with Gasteiger partial charge < -0.3 is 5.32 Å². The molecule has 0 aromatic heterocycles. The highest BCUT2D eigenvalue weighted by atomic mass is 14.9. The Bertz CT molecular complexity index is 251. The Labute approximate surface area is 66.7 Å². The van der Waals surface area contributed by atoms with Gasteiger partial charge in [0.25, 0.3) is 0 Å². The first kappa shape index (κ1) is 6.62. The van der Waals surface area contributed by atoms with Gasteiger partial charge in [-0.05, 0) is 11.6 Å². The Kier molecular flexibility index (Phi) is 1.74. The van der Waals surface area contributed by atoms with Gasteiger partial charge in [0.05, 0.1) is 6.04 Å². The Morgan fingerprint density at radius 2 is 2.18 bits per heavy atom. The van der Waals surface area contributed by atoms with Crippen molar-refractivity contribution in [2.45, 2.75) is 6.04 Å². The molecule has 1 nitrogen and oxygen atoms in total. The van der Waals surface area contributed by atoms with Crippen LogP contribution in [0, 0.1) is 6.07 Å². The van der Waals surface area contributed by atoms with Gasteiger partial charge in [-0.25, -0.2) is 0 Å². The van der Waals surface area contributed by atoms with Crippen LogP contribution in [0.25, 0.3) is 0 Å². The highest BCUT2D eigenvalue weighted by Crippen LogP contribution is 2.15. The molecule has 1 atom stereocenters. The van der Waals surface area contributed by atoms with Gasteiger partial charge >= 0.3 is 0 Å². The lowest BCUT2D eigenvalue weighted by atomic mass is 10.1. The van der Waals surface area contributed by atoms with Crippen LogP contribution < -0.4 is 5.32 Å². The van der Waals surface area contributed by atoms with Crippen LogP contribution >= 0.6 is 0 Å². The van der Waals surface area contributed by atoms with E-state index >= 15 is 0 Å². The van der Waals surface area contributed by atoms with Crippen molar-refractivity contribution in [2.24, 2.45) is 0 Å². The first-order valence-corrected chi connectivity index (χ1v) is 3.83. The monoisotopic (exact) mass is 144 g/mol. The van der Waals surface area contributed by atoms with Crippen LogP contribution in [0.1, 0.15) is 11.6 Å². The number of nitrogens with one attached hydrogen (secondary N) is 1. The Hall–Kier alpha value is -1.08. The molecule has 1 aliphatic heterocycles. The molecule has 1 aliphatic rings. The van der Waals surface area contributed by atoms with Gasteiger partial charge in [-0.1, -0.05) is 36.4 Å². The second kappa shape index (κ2) is 2.89. The van der Waals surface area contributed by atoms with Crippen LogP contribution in [-0.2, 0) is 0 Å². The highest BCUT2D eigenvalue weighted by Gasteiger charge is 2.08. The average Bonchev–Trinajstić information content (AvgIpc) is 2.58. The normalized spacial score (nSPS) is 22.4. The third kappa shape index (κ3) is 1.33. The standard InChI is InChI=1S/C10H10N/c1-2-5-9(6-3-1)10-7-4-8-11-10/h2-7,10-11H,8H2. The van der Waals surface area contributed by atoms with Crippen molar-refractivity contribution in [1.82, 2.24) is 5.32 Å². The molecule has 1 aromatic rings. The average molecular weight is 144 g/mol. The van der Waals surface area contributed by atoms with Gasteiger partial charge in [0.1, 0.15) is 0 Å². The fourth-order valence-corrected chi connectivity index (χ4v) is 1.30. The van der Waals surface area contributed by atoms with E-state index in [1.54, 1.807) is 0 Å². The number of benzene rings is 1. The molecule has 1 aromatic carbocycles. The second-order valence-corrected chi connectivity index (χ2v) is 2.65. The zero-order valence-corrected chi connectivity index (χ0v) is 6.25. The Balaban J connectivity index is 2.23. The predicted molar refractivity (Wildman–Crippen MR) is 45.2 cm³/mol. The summed E-state index contributed by atoms with van der Waals surface area (Å²) in [5, 5.41) is 3.35. The molecule has 1 radical (unpaired) electrons. The lowest BCUT2D eigenvalue weighted by Gasteiger charge is -2.07. The largest absolute Gasteiger partial charge is 0.303 e. The van der Waals surface area contributed by atoms with E-state index in [-0.39, 0.29) is 0 Å². The molecule has 0 spiro atoms. The molecule has 0 fully saturated rings. The molecule has 1 heterocycles. The quantitative estimate of drug-likeness (QED) is 0.591. The minimum Gasteiger partial charge on any atom is -0.303 e. The van der Waals surface area contributed by atoms with Crippen molar-refractivity contribution in [3.05, 3.63) is 48.0 Å². The van der Waals surface area contributed by atoms with E-state index in [4.69, 9.17) is 0 Å². The van der Waals surface area contributed by atoms with Crippen molar-refractivity contribution in [3.63, 3.8) is 0 Å². The minimum absolute atomic E-state index is 0.421. The van der Waals surface area contributed by atoms with Crippen LogP contribution in [0.4, 0.5) is 0 Å². The first-order valence-electron chi connectivity index (χ1n) is 3.83. The summed E-state index contributed by atoms with van der Waals surface area (Å²) >= 11 is 0. The fraction of sp³-hybridized carbons (Fsp3) is 0.200. The van der Waals surface area contributed by atoms with Gasteiger partial charge in [-0.3, -0.25) is 0 Å². The molecule has 1 heteroatoms. The van der Waals surface area contributed by atoms with E-state index in [1.807, 2.05) is 12.1 Å². The van der Waals surface area contributed by atoms with E-state index in [1.165, 1.54) is 5.56 Å². The lowest BCUT2D eigenvalue weighted by molar-refractivity contribution is 0.713. The zero-order valence-electron chi connectivity index (χ0n) is 6.25.